The molecule has 0 saturated heterocycles. The van der Waals surface area contributed by atoms with Gasteiger partial charge in [0.15, 0.2) is 5.78 Å². The van der Waals surface area contributed by atoms with Crippen LogP contribution in [0.3, 0.4) is 0 Å². The van der Waals surface area contributed by atoms with Gasteiger partial charge in [-0.1, -0.05) is 6.07 Å². The second-order valence-electron chi connectivity index (χ2n) is 4.76. The summed E-state index contributed by atoms with van der Waals surface area (Å²) in [4.78, 5) is 22.2. The van der Waals surface area contributed by atoms with E-state index in [0.717, 1.165) is 27.2 Å². The van der Waals surface area contributed by atoms with E-state index < -0.39 is 0 Å². The molecule has 3 aromatic rings. The number of hydrogen-bond donors (Lipinski definition) is 0. The Bertz CT molecular complexity index is 773. The first-order chi connectivity index (χ1) is 9.63. The number of carbonyl (C=O) groups excluding carboxylic acids is 1. The third-order valence-corrected chi connectivity index (χ3v) is 4.38. The quantitative estimate of drug-likeness (QED) is 0.687. The van der Waals surface area contributed by atoms with Crippen LogP contribution in [0.2, 0.25) is 0 Å². The zero-order valence-corrected chi connectivity index (χ0v) is 12.2. The molecule has 0 fully saturated rings. The maximum absolute atomic E-state index is 12.3. The van der Waals surface area contributed by atoms with E-state index in [0.29, 0.717) is 6.42 Å². The summed E-state index contributed by atoms with van der Waals surface area (Å²) in [6, 6.07) is 9.48. The Labute approximate surface area is 121 Å². The highest BCUT2D eigenvalue weighted by molar-refractivity contribution is 7.11. The van der Waals surface area contributed by atoms with Gasteiger partial charge in [0, 0.05) is 22.0 Å². The van der Waals surface area contributed by atoms with Crippen molar-refractivity contribution in [1.82, 2.24) is 9.97 Å². The number of nitrogens with zero attached hydrogens (tertiary/aromatic N) is 2. The van der Waals surface area contributed by atoms with Crippen LogP contribution in [0.4, 0.5) is 0 Å². The molecule has 0 atom stereocenters. The molecule has 20 heavy (non-hydrogen) atoms. The molecule has 0 aliphatic heterocycles. The predicted octanol–water partition coefficient (Wildman–Crippen LogP) is 3.73. The normalized spacial score (nSPS) is 10.9. The predicted molar refractivity (Wildman–Crippen MR) is 81.4 cm³/mol. The highest BCUT2D eigenvalue weighted by Gasteiger charge is 2.11. The Balaban J connectivity index is 1.88. The fourth-order valence-electron chi connectivity index (χ4n) is 2.10. The molecular weight excluding hydrogens is 268 g/mol. The molecule has 2 aromatic heterocycles. The lowest BCUT2D eigenvalue weighted by Crippen LogP contribution is -2.03. The van der Waals surface area contributed by atoms with Crippen molar-refractivity contribution in [2.45, 2.75) is 20.3 Å². The van der Waals surface area contributed by atoms with Crippen molar-refractivity contribution in [1.29, 1.82) is 0 Å². The molecule has 1 aromatic carbocycles. The third-order valence-electron chi connectivity index (χ3n) is 3.31. The van der Waals surface area contributed by atoms with Crippen LogP contribution in [0.25, 0.3) is 10.9 Å². The van der Waals surface area contributed by atoms with Gasteiger partial charge >= 0.3 is 0 Å². The topological polar surface area (TPSA) is 42.9 Å². The number of fused-ring (bicyclic) bond motifs is 1. The van der Waals surface area contributed by atoms with Crippen LogP contribution in [0.5, 0.6) is 0 Å². The molecule has 4 heteroatoms. The minimum absolute atomic E-state index is 0.101. The van der Waals surface area contributed by atoms with Gasteiger partial charge in [0.1, 0.15) is 5.01 Å². The Morgan fingerprint density at radius 1 is 1.25 bits per heavy atom. The summed E-state index contributed by atoms with van der Waals surface area (Å²) in [6.45, 7) is 4.00. The lowest BCUT2D eigenvalue weighted by atomic mass is 10.1. The highest BCUT2D eigenvalue weighted by atomic mass is 32.1. The number of hydrogen-bond acceptors (Lipinski definition) is 4. The van der Waals surface area contributed by atoms with Crippen LogP contribution in [0.15, 0.2) is 36.5 Å². The smallest absolute Gasteiger partial charge is 0.169 e. The van der Waals surface area contributed by atoms with E-state index in [9.17, 15) is 4.79 Å². The van der Waals surface area contributed by atoms with Crippen molar-refractivity contribution in [2.75, 3.05) is 0 Å². The lowest BCUT2D eigenvalue weighted by Gasteiger charge is -2.01. The number of aryl methyl sites for hydroxylation is 2. The van der Waals surface area contributed by atoms with E-state index >= 15 is 0 Å². The molecule has 0 amide bonds. The largest absolute Gasteiger partial charge is 0.294 e. The van der Waals surface area contributed by atoms with E-state index in [1.165, 1.54) is 4.88 Å². The number of thiazole rings is 1. The molecule has 2 heterocycles. The van der Waals surface area contributed by atoms with Gasteiger partial charge in [-0.25, -0.2) is 4.98 Å². The average molecular weight is 282 g/mol. The van der Waals surface area contributed by atoms with Gasteiger partial charge in [-0.05, 0) is 38.1 Å². The van der Waals surface area contributed by atoms with Gasteiger partial charge in [-0.2, -0.15) is 0 Å². The summed E-state index contributed by atoms with van der Waals surface area (Å²) in [7, 11) is 0. The lowest BCUT2D eigenvalue weighted by molar-refractivity contribution is 0.0993. The number of aromatic nitrogens is 2. The molecule has 0 aliphatic carbocycles. The summed E-state index contributed by atoms with van der Waals surface area (Å²) in [5.74, 6) is 0.101. The second kappa shape index (κ2) is 5.13. The van der Waals surface area contributed by atoms with E-state index in [1.807, 2.05) is 44.2 Å². The minimum atomic E-state index is 0.101. The molecule has 0 bridgehead atoms. The number of carbonyl (C=O) groups is 1. The molecule has 0 saturated carbocycles. The standard InChI is InChI=1S/C16H14N2OS/c1-10-11(2)20-16(18-10)9-15(19)13-5-6-14-12(8-13)4-3-7-17-14/h3-8H,9H2,1-2H3. The monoisotopic (exact) mass is 282 g/mol. The number of rotatable bonds is 3. The molecular formula is C16H14N2OS. The maximum atomic E-state index is 12.3. The molecule has 0 aliphatic rings. The average Bonchev–Trinajstić information content (AvgIpc) is 2.76. The first-order valence-corrected chi connectivity index (χ1v) is 7.26. The minimum Gasteiger partial charge on any atom is -0.294 e. The van der Waals surface area contributed by atoms with Gasteiger partial charge in [-0.3, -0.25) is 9.78 Å². The van der Waals surface area contributed by atoms with E-state index in [-0.39, 0.29) is 5.78 Å². The number of pyridine rings is 1. The van der Waals surface area contributed by atoms with Gasteiger partial charge in [0.25, 0.3) is 0 Å². The Kier molecular flexibility index (Phi) is 3.32. The van der Waals surface area contributed by atoms with Crippen LogP contribution < -0.4 is 0 Å². The van der Waals surface area contributed by atoms with Crippen molar-refractivity contribution in [2.24, 2.45) is 0 Å². The summed E-state index contributed by atoms with van der Waals surface area (Å²) in [5, 5.41) is 1.88. The summed E-state index contributed by atoms with van der Waals surface area (Å²) < 4.78 is 0. The molecule has 0 N–H and O–H groups in total. The summed E-state index contributed by atoms with van der Waals surface area (Å²) in [5.41, 5.74) is 2.64. The number of benzene rings is 1. The van der Waals surface area contributed by atoms with Crippen LogP contribution >= 0.6 is 11.3 Å². The Morgan fingerprint density at radius 3 is 2.85 bits per heavy atom. The van der Waals surface area contributed by atoms with Gasteiger partial charge in [-0.15, -0.1) is 11.3 Å². The fourth-order valence-corrected chi connectivity index (χ4v) is 3.04. The molecule has 0 spiro atoms. The van der Waals surface area contributed by atoms with E-state index in [2.05, 4.69) is 9.97 Å². The summed E-state index contributed by atoms with van der Waals surface area (Å²) in [6.07, 6.45) is 2.12. The number of Topliss-reactive ketones (excluding diaryl/α,β-unsaturated/α-hetero) is 1. The molecule has 100 valence electrons. The molecule has 3 nitrogen and oxygen atoms in total. The molecule has 3 rings (SSSR count). The maximum Gasteiger partial charge on any atom is 0.169 e. The zero-order chi connectivity index (χ0) is 14.1. The van der Waals surface area contributed by atoms with Crippen LogP contribution in [0, 0.1) is 13.8 Å². The van der Waals surface area contributed by atoms with Crippen LogP contribution in [-0.4, -0.2) is 15.8 Å². The molecule has 0 radical (unpaired) electrons. The SMILES string of the molecule is Cc1nc(CC(=O)c2ccc3ncccc3c2)sc1C. The zero-order valence-electron chi connectivity index (χ0n) is 11.4. The van der Waals surface area contributed by atoms with Gasteiger partial charge in [0.2, 0.25) is 0 Å². The second-order valence-corrected chi connectivity index (χ2v) is 6.05. The third kappa shape index (κ3) is 2.47. The number of ketones is 1. The van der Waals surface area contributed by atoms with Crippen LogP contribution in [-0.2, 0) is 6.42 Å². The van der Waals surface area contributed by atoms with E-state index in [4.69, 9.17) is 0 Å². The first kappa shape index (κ1) is 12.9. The van der Waals surface area contributed by atoms with Gasteiger partial charge in [0.05, 0.1) is 17.6 Å². The van der Waals surface area contributed by atoms with E-state index in [1.54, 1.807) is 17.5 Å². The first-order valence-electron chi connectivity index (χ1n) is 6.44. The van der Waals surface area contributed by atoms with Crippen molar-refractivity contribution in [3.63, 3.8) is 0 Å². The Morgan fingerprint density at radius 2 is 2.10 bits per heavy atom. The fraction of sp³-hybridized carbons (Fsp3) is 0.188. The Hall–Kier alpha value is -2.07. The van der Waals surface area contributed by atoms with Crippen molar-refractivity contribution < 1.29 is 4.79 Å². The van der Waals surface area contributed by atoms with Crippen molar-refractivity contribution in [3.05, 3.63) is 57.7 Å². The van der Waals surface area contributed by atoms with Crippen molar-refractivity contribution in [3.8, 4) is 0 Å². The van der Waals surface area contributed by atoms with Crippen molar-refractivity contribution >= 4 is 28.0 Å². The summed E-state index contributed by atoms with van der Waals surface area (Å²) >= 11 is 1.60. The highest BCUT2D eigenvalue weighted by Crippen LogP contribution is 2.19. The van der Waals surface area contributed by atoms with Crippen LogP contribution in [0.1, 0.15) is 25.9 Å². The molecule has 0 unspecified atom stereocenters. The van der Waals surface area contributed by atoms with Gasteiger partial charge < -0.3 is 0 Å².